The van der Waals surface area contributed by atoms with Gasteiger partial charge < -0.3 is 20.1 Å². The van der Waals surface area contributed by atoms with Gasteiger partial charge in [-0.15, -0.1) is 24.0 Å². The van der Waals surface area contributed by atoms with Crippen molar-refractivity contribution >= 4 is 29.9 Å². The number of methoxy groups -OCH3 is 2. The minimum atomic E-state index is 0. The van der Waals surface area contributed by atoms with Crippen LogP contribution in [0.15, 0.2) is 23.2 Å². The van der Waals surface area contributed by atoms with Crippen molar-refractivity contribution in [1.29, 1.82) is 0 Å². The molecule has 0 radical (unpaired) electrons. The lowest BCUT2D eigenvalue weighted by Gasteiger charge is -2.13. The van der Waals surface area contributed by atoms with Gasteiger partial charge in [0.2, 0.25) is 0 Å². The van der Waals surface area contributed by atoms with E-state index >= 15 is 0 Å². The molecule has 0 aliphatic heterocycles. The van der Waals surface area contributed by atoms with Crippen LogP contribution in [0.4, 0.5) is 0 Å². The van der Waals surface area contributed by atoms with Crippen LogP contribution in [0.1, 0.15) is 31.7 Å². The van der Waals surface area contributed by atoms with Gasteiger partial charge >= 0.3 is 0 Å². The van der Waals surface area contributed by atoms with E-state index in [0.717, 1.165) is 36.3 Å². The summed E-state index contributed by atoms with van der Waals surface area (Å²) in [6.07, 6.45) is 4.74. The average Bonchev–Trinajstić information content (AvgIpc) is 3.31. The molecule has 1 aromatic rings. The van der Waals surface area contributed by atoms with E-state index in [4.69, 9.17) is 9.47 Å². The highest BCUT2D eigenvalue weighted by atomic mass is 127. The van der Waals surface area contributed by atoms with Crippen molar-refractivity contribution in [2.24, 2.45) is 10.9 Å². The minimum absolute atomic E-state index is 0. The van der Waals surface area contributed by atoms with E-state index in [1.165, 1.54) is 24.8 Å². The Bertz CT molecular complexity index is 537. The van der Waals surface area contributed by atoms with Crippen LogP contribution in [-0.4, -0.2) is 39.8 Å². The summed E-state index contributed by atoms with van der Waals surface area (Å²) in [5.41, 5.74) is 1.21. The Labute approximate surface area is 162 Å². The van der Waals surface area contributed by atoms with Gasteiger partial charge in [-0.25, -0.2) is 0 Å². The second-order valence-corrected chi connectivity index (χ2v) is 5.97. The maximum atomic E-state index is 5.34. The molecule has 0 heterocycles. The second kappa shape index (κ2) is 10.6. The zero-order valence-corrected chi connectivity index (χ0v) is 17.4. The van der Waals surface area contributed by atoms with Crippen LogP contribution in [0.5, 0.6) is 11.5 Å². The Morgan fingerprint density at radius 3 is 2.62 bits per heavy atom. The fourth-order valence-electron chi connectivity index (χ4n) is 2.85. The van der Waals surface area contributed by atoms with E-state index in [1.54, 1.807) is 14.2 Å². The number of hydrogen-bond donors (Lipinski definition) is 2. The summed E-state index contributed by atoms with van der Waals surface area (Å²) in [4.78, 5) is 4.30. The highest BCUT2D eigenvalue weighted by Crippen LogP contribution is 2.34. The van der Waals surface area contributed by atoms with E-state index in [2.05, 4.69) is 28.6 Å². The van der Waals surface area contributed by atoms with Crippen molar-refractivity contribution in [3.63, 3.8) is 0 Å². The fraction of sp³-hybridized carbons (Fsp3) is 0.611. The molecule has 6 heteroatoms. The van der Waals surface area contributed by atoms with E-state index in [1.807, 2.05) is 19.2 Å². The Hall–Kier alpha value is -1.18. The standard InChI is InChI=1S/C18H29N3O2.HI/c1-5-6-14-12-15(14)21-18(19-2)20-10-9-13-7-8-16(22-3)17(11-13)23-4;/h7-8,11,14-15H,5-6,9-10,12H2,1-4H3,(H2,19,20,21);1H. The first kappa shape index (κ1) is 20.9. The quantitative estimate of drug-likeness (QED) is 0.365. The first-order chi connectivity index (χ1) is 11.2. The smallest absolute Gasteiger partial charge is 0.191 e. The number of guanidine groups is 1. The van der Waals surface area contributed by atoms with Gasteiger partial charge in [-0.1, -0.05) is 19.4 Å². The monoisotopic (exact) mass is 447 g/mol. The number of benzene rings is 1. The summed E-state index contributed by atoms with van der Waals surface area (Å²) in [6.45, 7) is 3.08. The molecule has 2 atom stereocenters. The lowest BCUT2D eigenvalue weighted by Crippen LogP contribution is -2.40. The molecule has 1 saturated carbocycles. The van der Waals surface area contributed by atoms with Gasteiger partial charge in [0.1, 0.15) is 0 Å². The summed E-state index contributed by atoms with van der Waals surface area (Å²) >= 11 is 0. The van der Waals surface area contributed by atoms with E-state index in [9.17, 15) is 0 Å². The third-order valence-electron chi connectivity index (χ3n) is 4.28. The van der Waals surface area contributed by atoms with E-state index in [-0.39, 0.29) is 24.0 Å². The van der Waals surface area contributed by atoms with E-state index in [0.29, 0.717) is 6.04 Å². The molecule has 0 saturated heterocycles. The Morgan fingerprint density at radius 2 is 2.00 bits per heavy atom. The third-order valence-corrected chi connectivity index (χ3v) is 4.28. The molecule has 2 N–H and O–H groups in total. The number of rotatable bonds is 8. The van der Waals surface area contributed by atoms with Gasteiger partial charge in [0, 0.05) is 19.6 Å². The normalized spacial score (nSPS) is 19.2. The topological polar surface area (TPSA) is 54.9 Å². The van der Waals surface area contributed by atoms with Crippen LogP contribution < -0.4 is 20.1 Å². The average molecular weight is 447 g/mol. The molecule has 0 bridgehead atoms. The second-order valence-electron chi connectivity index (χ2n) is 5.97. The summed E-state index contributed by atoms with van der Waals surface area (Å²) in [7, 11) is 5.13. The maximum absolute atomic E-state index is 5.34. The van der Waals surface area contributed by atoms with Crippen molar-refractivity contribution in [1.82, 2.24) is 10.6 Å². The van der Waals surface area contributed by atoms with Crippen LogP contribution in [0.2, 0.25) is 0 Å². The number of ether oxygens (including phenoxy) is 2. The highest BCUT2D eigenvalue weighted by Gasteiger charge is 2.36. The molecule has 1 aliphatic carbocycles. The van der Waals surface area contributed by atoms with Gasteiger partial charge in [-0.05, 0) is 42.9 Å². The Morgan fingerprint density at radius 1 is 1.25 bits per heavy atom. The van der Waals surface area contributed by atoms with Gasteiger partial charge in [-0.2, -0.15) is 0 Å². The summed E-state index contributed by atoms with van der Waals surface area (Å²) in [5, 5.41) is 6.88. The molecule has 0 spiro atoms. The van der Waals surface area contributed by atoms with Crippen LogP contribution in [0.3, 0.4) is 0 Å². The van der Waals surface area contributed by atoms with E-state index < -0.39 is 0 Å². The lowest BCUT2D eigenvalue weighted by molar-refractivity contribution is 0.354. The SMILES string of the molecule is CCCC1CC1NC(=NC)NCCc1ccc(OC)c(OC)c1.I. The Balaban J connectivity index is 0.00000288. The van der Waals surface area contributed by atoms with Crippen molar-refractivity contribution in [2.75, 3.05) is 27.8 Å². The molecular formula is C18H30IN3O2. The molecule has 2 rings (SSSR count). The largest absolute Gasteiger partial charge is 0.493 e. The molecule has 0 aromatic heterocycles. The van der Waals surface area contributed by atoms with Crippen LogP contribution >= 0.6 is 24.0 Å². The third kappa shape index (κ3) is 6.03. The van der Waals surface area contributed by atoms with Gasteiger partial charge in [0.05, 0.1) is 14.2 Å². The van der Waals surface area contributed by atoms with Crippen LogP contribution in [0, 0.1) is 5.92 Å². The van der Waals surface area contributed by atoms with Crippen molar-refractivity contribution in [2.45, 2.75) is 38.6 Å². The van der Waals surface area contributed by atoms with Crippen LogP contribution in [0.25, 0.3) is 0 Å². The van der Waals surface area contributed by atoms with Crippen molar-refractivity contribution < 1.29 is 9.47 Å². The fourth-order valence-corrected chi connectivity index (χ4v) is 2.85. The minimum Gasteiger partial charge on any atom is -0.493 e. The maximum Gasteiger partial charge on any atom is 0.191 e. The number of aliphatic imine (C=N–C) groups is 1. The molecule has 136 valence electrons. The first-order valence-electron chi connectivity index (χ1n) is 8.39. The van der Waals surface area contributed by atoms with Gasteiger partial charge in [-0.3, -0.25) is 4.99 Å². The number of halogens is 1. The molecule has 1 fully saturated rings. The lowest BCUT2D eigenvalue weighted by atomic mass is 10.1. The molecular weight excluding hydrogens is 417 g/mol. The number of nitrogens with one attached hydrogen (secondary N) is 2. The first-order valence-corrected chi connectivity index (χ1v) is 8.39. The Kier molecular flexibility index (Phi) is 9.25. The molecule has 1 aliphatic rings. The molecule has 0 amide bonds. The molecule has 24 heavy (non-hydrogen) atoms. The predicted octanol–water partition coefficient (Wildman–Crippen LogP) is 3.22. The van der Waals surface area contributed by atoms with Gasteiger partial charge in [0.15, 0.2) is 17.5 Å². The zero-order valence-electron chi connectivity index (χ0n) is 15.1. The zero-order chi connectivity index (χ0) is 16.7. The molecule has 2 unspecified atom stereocenters. The van der Waals surface area contributed by atoms with Crippen molar-refractivity contribution in [3.05, 3.63) is 23.8 Å². The van der Waals surface area contributed by atoms with Gasteiger partial charge in [0.25, 0.3) is 0 Å². The molecule has 1 aromatic carbocycles. The van der Waals surface area contributed by atoms with Crippen molar-refractivity contribution in [3.8, 4) is 11.5 Å². The van der Waals surface area contributed by atoms with Crippen LogP contribution in [-0.2, 0) is 6.42 Å². The number of hydrogen-bond acceptors (Lipinski definition) is 3. The number of nitrogens with zero attached hydrogens (tertiary/aromatic N) is 1. The summed E-state index contributed by atoms with van der Waals surface area (Å²) < 4.78 is 10.6. The summed E-state index contributed by atoms with van der Waals surface area (Å²) in [6, 6.07) is 6.63. The summed E-state index contributed by atoms with van der Waals surface area (Å²) in [5.74, 6) is 3.25. The predicted molar refractivity (Wildman–Crippen MR) is 110 cm³/mol. The highest BCUT2D eigenvalue weighted by molar-refractivity contribution is 14.0. The molecule has 5 nitrogen and oxygen atoms in total.